The maximum atomic E-state index is 12.5. The van der Waals surface area contributed by atoms with Crippen LogP contribution in [0.25, 0.3) is 11.4 Å². The van der Waals surface area contributed by atoms with E-state index in [0.717, 1.165) is 22.5 Å². The second-order valence-corrected chi connectivity index (χ2v) is 6.01. The Hall–Kier alpha value is -2.96. The Bertz CT molecular complexity index is 909. The highest BCUT2D eigenvalue weighted by Crippen LogP contribution is 2.26. The predicted molar refractivity (Wildman–Crippen MR) is 91.2 cm³/mol. The van der Waals surface area contributed by atoms with Gasteiger partial charge >= 0.3 is 5.97 Å². The zero-order chi connectivity index (χ0) is 18.1. The van der Waals surface area contributed by atoms with Gasteiger partial charge in [0.05, 0.1) is 11.6 Å². The maximum Gasteiger partial charge on any atom is 0.318 e. The van der Waals surface area contributed by atoms with Crippen molar-refractivity contribution in [2.45, 2.75) is 33.6 Å². The van der Waals surface area contributed by atoms with Gasteiger partial charge in [-0.2, -0.15) is 10.1 Å². The minimum Gasteiger partial charge on any atom is -0.426 e. The summed E-state index contributed by atoms with van der Waals surface area (Å²) in [5.41, 5.74) is 3.51. The van der Waals surface area contributed by atoms with Crippen molar-refractivity contribution in [3.05, 3.63) is 47.1 Å². The summed E-state index contributed by atoms with van der Waals surface area (Å²) in [4.78, 5) is 16.7. The van der Waals surface area contributed by atoms with Crippen molar-refractivity contribution in [2.75, 3.05) is 0 Å². The van der Waals surface area contributed by atoms with E-state index >= 15 is 0 Å². The molecule has 0 aliphatic carbocycles. The van der Waals surface area contributed by atoms with E-state index in [4.69, 9.17) is 9.26 Å². The molecule has 7 heteroatoms. The number of carbonyl (C=O) groups is 1. The number of hydrogen-bond donors (Lipinski definition) is 0. The molecule has 7 nitrogen and oxygen atoms in total. The Morgan fingerprint density at radius 2 is 1.88 bits per heavy atom. The number of aryl methyl sites for hydroxylation is 3. The molecule has 1 atom stereocenters. The fourth-order valence-electron chi connectivity index (χ4n) is 2.83. The maximum absolute atomic E-state index is 12.5. The molecular weight excluding hydrogens is 320 g/mol. The number of hydrogen-bond acceptors (Lipinski definition) is 6. The van der Waals surface area contributed by atoms with Crippen molar-refractivity contribution in [3.63, 3.8) is 0 Å². The Morgan fingerprint density at radius 3 is 2.40 bits per heavy atom. The summed E-state index contributed by atoms with van der Waals surface area (Å²) < 4.78 is 12.2. The predicted octanol–water partition coefficient (Wildman–Crippen LogP) is 3.10. The number of aromatic nitrogens is 4. The van der Waals surface area contributed by atoms with Gasteiger partial charge in [-0.05, 0) is 45.0 Å². The molecular formula is C18H20N4O3. The molecule has 0 N–H and O–H groups in total. The molecule has 1 unspecified atom stereocenters. The molecule has 0 bridgehead atoms. The molecule has 0 saturated carbocycles. The van der Waals surface area contributed by atoms with Crippen LogP contribution in [-0.2, 0) is 11.8 Å². The molecule has 0 amide bonds. The van der Waals surface area contributed by atoms with Crippen LogP contribution in [0.1, 0.15) is 35.7 Å². The largest absolute Gasteiger partial charge is 0.426 e. The topological polar surface area (TPSA) is 83.0 Å². The summed E-state index contributed by atoms with van der Waals surface area (Å²) >= 11 is 0. The first-order valence-electron chi connectivity index (χ1n) is 7.99. The van der Waals surface area contributed by atoms with Crippen LogP contribution >= 0.6 is 0 Å². The van der Waals surface area contributed by atoms with Crippen LogP contribution in [0.3, 0.4) is 0 Å². The van der Waals surface area contributed by atoms with Gasteiger partial charge in [-0.25, -0.2) is 0 Å². The lowest BCUT2D eigenvalue weighted by atomic mass is 9.99. The third-order valence-electron chi connectivity index (χ3n) is 4.21. The molecule has 2 aromatic heterocycles. The van der Waals surface area contributed by atoms with E-state index in [0.29, 0.717) is 17.5 Å². The molecule has 25 heavy (non-hydrogen) atoms. The summed E-state index contributed by atoms with van der Waals surface area (Å²) in [5, 5.41) is 8.22. The van der Waals surface area contributed by atoms with Crippen molar-refractivity contribution in [3.8, 4) is 17.1 Å². The molecule has 3 rings (SSSR count). The Kier molecular flexibility index (Phi) is 4.39. The summed E-state index contributed by atoms with van der Waals surface area (Å²) in [6, 6.07) is 7.01. The van der Waals surface area contributed by atoms with Crippen LogP contribution in [0, 0.1) is 20.8 Å². The Labute approximate surface area is 145 Å². The summed E-state index contributed by atoms with van der Waals surface area (Å²) in [6.45, 7) is 7.40. The van der Waals surface area contributed by atoms with Gasteiger partial charge in [-0.15, -0.1) is 0 Å². The van der Waals surface area contributed by atoms with Crippen LogP contribution in [0.2, 0.25) is 0 Å². The smallest absolute Gasteiger partial charge is 0.318 e. The Morgan fingerprint density at radius 1 is 1.20 bits per heavy atom. The minimum absolute atomic E-state index is 0.317. The quantitative estimate of drug-likeness (QED) is 0.536. The fraction of sp³-hybridized carbons (Fsp3) is 0.333. The lowest BCUT2D eigenvalue weighted by Gasteiger charge is -2.12. The lowest BCUT2D eigenvalue weighted by molar-refractivity contribution is -0.135. The molecule has 0 spiro atoms. The number of esters is 1. The van der Waals surface area contributed by atoms with Crippen molar-refractivity contribution in [2.24, 2.45) is 7.05 Å². The van der Waals surface area contributed by atoms with E-state index in [2.05, 4.69) is 15.2 Å². The number of benzene rings is 1. The highest BCUT2D eigenvalue weighted by atomic mass is 16.5. The van der Waals surface area contributed by atoms with Crippen LogP contribution in [0.5, 0.6) is 5.75 Å². The second kappa shape index (κ2) is 6.51. The number of ether oxygens (including phenoxy) is 1. The van der Waals surface area contributed by atoms with Crippen LogP contribution in [-0.4, -0.2) is 25.9 Å². The summed E-state index contributed by atoms with van der Waals surface area (Å²) in [7, 11) is 1.86. The van der Waals surface area contributed by atoms with E-state index in [1.165, 1.54) is 0 Å². The van der Waals surface area contributed by atoms with Crippen LogP contribution in [0.4, 0.5) is 0 Å². The van der Waals surface area contributed by atoms with Gasteiger partial charge in [-0.3, -0.25) is 9.48 Å². The number of rotatable bonds is 4. The fourth-order valence-corrected chi connectivity index (χ4v) is 2.83. The average molecular weight is 340 g/mol. The standard InChI is InChI=1S/C18H20N4O3/c1-10(16-11(2)20-22(5)12(16)3)18(23)24-15-8-6-14(7-9-15)17-19-13(4)25-21-17/h6-10H,1-5H3. The van der Waals surface area contributed by atoms with E-state index < -0.39 is 5.92 Å². The first-order valence-corrected chi connectivity index (χ1v) is 7.99. The zero-order valence-electron chi connectivity index (χ0n) is 14.9. The lowest BCUT2D eigenvalue weighted by Crippen LogP contribution is -2.17. The Balaban J connectivity index is 1.74. The van der Waals surface area contributed by atoms with Gasteiger partial charge < -0.3 is 9.26 Å². The van der Waals surface area contributed by atoms with E-state index in [-0.39, 0.29) is 5.97 Å². The molecule has 130 valence electrons. The number of nitrogens with zero attached hydrogens (tertiary/aromatic N) is 4. The normalized spacial score (nSPS) is 12.2. The molecule has 0 radical (unpaired) electrons. The highest BCUT2D eigenvalue weighted by Gasteiger charge is 2.24. The van der Waals surface area contributed by atoms with Gasteiger partial charge in [-0.1, -0.05) is 5.16 Å². The summed E-state index contributed by atoms with van der Waals surface area (Å²) in [5.74, 6) is 0.766. The first-order chi connectivity index (χ1) is 11.9. The molecule has 0 fully saturated rings. The van der Waals surface area contributed by atoms with E-state index in [9.17, 15) is 4.79 Å². The molecule has 1 aromatic carbocycles. The molecule has 0 aliphatic heterocycles. The van der Waals surface area contributed by atoms with Gasteiger partial charge in [0.25, 0.3) is 0 Å². The van der Waals surface area contributed by atoms with Crippen molar-refractivity contribution in [1.82, 2.24) is 19.9 Å². The van der Waals surface area contributed by atoms with E-state index in [1.807, 2.05) is 27.8 Å². The van der Waals surface area contributed by atoms with Gasteiger partial charge in [0.15, 0.2) is 0 Å². The monoisotopic (exact) mass is 340 g/mol. The minimum atomic E-state index is -0.395. The van der Waals surface area contributed by atoms with Gasteiger partial charge in [0.1, 0.15) is 5.75 Å². The third-order valence-corrected chi connectivity index (χ3v) is 4.21. The van der Waals surface area contributed by atoms with Crippen LogP contribution in [0.15, 0.2) is 28.8 Å². The molecule has 0 aliphatic rings. The average Bonchev–Trinajstić information content (AvgIpc) is 3.11. The van der Waals surface area contributed by atoms with Crippen molar-refractivity contribution >= 4 is 5.97 Å². The van der Waals surface area contributed by atoms with E-state index in [1.54, 1.807) is 35.9 Å². The molecule has 0 saturated heterocycles. The summed E-state index contributed by atoms with van der Waals surface area (Å²) in [6.07, 6.45) is 0. The van der Waals surface area contributed by atoms with Gasteiger partial charge in [0.2, 0.25) is 11.7 Å². The second-order valence-electron chi connectivity index (χ2n) is 6.01. The first kappa shape index (κ1) is 16.9. The molecule has 3 aromatic rings. The molecule has 2 heterocycles. The van der Waals surface area contributed by atoms with Crippen molar-refractivity contribution in [1.29, 1.82) is 0 Å². The van der Waals surface area contributed by atoms with Crippen molar-refractivity contribution < 1.29 is 14.1 Å². The number of carbonyl (C=O) groups excluding carboxylic acids is 1. The third kappa shape index (κ3) is 3.31. The highest BCUT2D eigenvalue weighted by molar-refractivity contribution is 5.80. The van der Waals surface area contributed by atoms with Crippen LogP contribution < -0.4 is 4.74 Å². The zero-order valence-corrected chi connectivity index (χ0v) is 14.9. The SMILES string of the molecule is Cc1nc(-c2ccc(OC(=O)C(C)c3c(C)nn(C)c3C)cc2)no1. The van der Waals surface area contributed by atoms with Gasteiger partial charge in [0, 0.05) is 30.8 Å².